The number of pyridine rings is 1. The molecule has 1 aromatic heterocycles. The summed E-state index contributed by atoms with van der Waals surface area (Å²) in [4.78, 5) is 7.69. The van der Waals surface area contributed by atoms with Crippen molar-refractivity contribution in [3.63, 3.8) is 0 Å². The molecule has 2 heterocycles. The van der Waals surface area contributed by atoms with Crippen molar-refractivity contribution in [3.05, 3.63) is 24.0 Å². The van der Waals surface area contributed by atoms with E-state index in [1.54, 1.807) is 18.3 Å². The molecule has 2 N–H and O–H groups in total. The van der Waals surface area contributed by atoms with Crippen molar-refractivity contribution in [2.75, 3.05) is 38.5 Å². The van der Waals surface area contributed by atoms with Gasteiger partial charge < -0.3 is 5.73 Å². The molecular weight excluding hydrogens is 257 g/mol. The molecule has 106 valence electrons. The minimum atomic E-state index is -4.12. The molecule has 0 radical (unpaired) electrons. The minimum Gasteiger partial charge on any atom is -0.397 e. The van der Waals surface area contributed by atoms with Gasteiger partial charge in [0.2, 0.25) is 0 Å². The summed E-state index contributed by atoms with van der Waals surface area (Å²) in [7, 11) is 0. The lowest BCUT2D eigenvalue weighted by Crippen LogP contribution is -2.48. The van der Waals surface area contributed by atoms with E-state index in [4.69, 9.17) is 5.73 Å². The molecule has 2 rings (SSSR count). The molecule has 0 saturated carbocycles. The Hall–Kier alpha value is -1.34. The second-order valence-corrected chi connectivity index (χ2v) is 4.71. The van der Waals surface area contributed by atoms with Gasteiger partial charge >= 0.3 is 6.18 Å². The van der Waals surface area contributed by atoms with Crippen molar-refractivity contribution in [1.82, 2.24) is 14.8 Å². The number of anilines is 1. The molecule has 4 nitrogen and oxygen atoms in total. The van der Waals surface area contributed by atoms with Crippen LogP contribution < -0.4 is 5.73 Å². The maximum atomic E-state index is 12.3. The highest BCUT2D eigenvalue weighted by molar-refractivity contribution is 5.41. The van der Waals surface area contributed by atoms with E-state index in [0.717, 1.165) is 5.69 Å². The third-order valence-electron chi connectivity index (χ3n) is 3.17. The summed E-state index contributed by atoms with van der Waals surface area (Å²) in [6.45, 7) is 1.82. The maximum absolute atomic E-state index is 12.3. The van der Waals surface area contributed by atoms with Crippen molar-refractivity contribution in [3.8, 4) is 0 Å². The Morgan fingerprint density at radius 1 is 1.16 bits per heavy atom. The Bertz CT molecular complexity index is 414. The van der Waals surface area contributed by atoms with Crippen LogP contribution in [0.4, 0.5) is 18.9 Å². The topological polar surface area (TPSA) is 45.4 Å². The number of hydrogen-bond acceptors (Lipinski definition) is 4. The smallest absolute Gasteiger partial charge is 0.397 e. The van der Waals surface area contributed by atoms with Crippen LogP contribution in [0.2, 0.25) is 0 Å². The fourth-order valence-electron chi connectivity index (χ4n) is 2.15. The second kappa shape index (κ2) is 5.75. The quantitative estimate of drug-likeness (QED) is 0.903. The van der Waals surface area contributed by atoms with Crippen LogP contribution in [0, 0.1) is 0 Å². The lowest BCUT2D eigenvalue weighted by molar-refractivity contribution is -0.149. The highest BCUT2D eigenvalue weighted by Gasteiger charge is 2.32. The highest BCUT2D eigenvalue weighted by Crippen LogP contribution is 2.18. The Labute approximate surface area is 110 Å². The van der Waals surface area contributed by atoms with Gasteiger partial charge in [-0.2, -0.15) is 13.2 Å². The highest BCUT2D eigenvalue weighted by atomic mass is 19.4. The molecule has 0 aliphatic carbocycles. The predicted molar refractivity (Wildman–Crippen MR) is 66.4 cm³/mol. The van der Waals surface area contributed by atoms with Crippen LogP contribution in [-0.2, 0) is 6.54 Å². The average molecular weight is 274 g/mol. The second-order valence-electron chi connectivity index (χ2n) is 4.71. The van der Waals surface area contributed by atoms with Crippen molar-refractivity contribution in [2.45, 2.75) is 12.7 Å². The molecule has 1 saturated heterocycles. The minimum absolute atomic E-state index is 0.423. The van der Waals surface area contributed by atoms with E-state index in [0.29, 0.717) is 38.4 Å². The Morgan fingerprint density at radius 3 is 2.37 bits per heavy atom. The van der Waals surface area contributed by atoms with E-state index >= 15 is 0 Å². The van der Waals surface area contributed by atoms with Crippen LogP contribution in [0.1, 0.15) is 5.69 Å². The van der Waals surface area contributed by atoms with Gasteiger partial charge in [-0.15, -0.1) is 0 Å². The summed E-state index contributed by atoms with van der Waals surface area (Å²) >= 11 is 0. The van der Waals surface area contributed by atoms with Gasteiger partial charge in [-0.05, 0) is 12.1 Å². The average Bonchev–Trinajstić information content (AvgIpc) is 2.33. The molecule has 0 bridgehead atoms. The van der Waals surface area contributed by atoms with Gasteiger partial charge in [0.25, 0.3) is 0 Å². The van der Waals surface area contributed by atoms with E-state index in [1.807, 2.05) is 0 Å². The maximum Gasteiger partial charge on any atom is 0.401 e. The van der Waals surface area contributed by atoms with E-state index in [1.165, 1.54) is 4.90 Å². The SMILES string of the molecule is Nc1cccnc1CN1CCN(CC(F)(F)F)CC1. The van der Waals surface area contributed by atoms with Crippen LogP contribution in [0.15, 0.2) is 18.3 Å². The first-order valence-electron chi connectivity index (χ1n) is 6.15. The monoisotopic (exact) mass is 274 g/mol. The number of rotatable bonds is 3. The van der Waals surface area contributed by atoms with E-state index in [-0.39, 0.29) is 0 Å². The molecule has 0 aromatic carbocycles. The van der Waals surface area contributed by atoms with Crippen molar-refractivity contribution in [1.29, 1.82) is 0 Å². The molecule has 1 aliphatic heterocycles. The number of halogens is 3. The fraction of sp³-hybridized carbons (Fsp3) is 0.583. The van der Waals surface area contributed by atoms with Crippen LogP contribution in [0.3, 0.4) is 0 Å². The van der Waals surface area contributed by atoms with Crippen LogP contribution in [0.25, 0.3) is 0 Å². The van der Waals surface area contributed by atoms with Crippen molar-refractivity contribution in [2.24, 2.45) is 0 Å². The molecule has 19 heavy (non-hydrogen) atoms. The van der Waals surface area contributed by atoms with Crippen LogP contribution in [0.5, 0.6) is 0 Å². The summed E-state index contributed by atoms with van der Waals surface area (Å²) < 4.78 is 36.8. The lowest BCUT2D eigenvalue weighted by atomic mass is 10.2. The Balaban J connectivity index is 1.82. The van der Waals surface area contributed by atoms with Gasteiger partial charge in [-0.25, -0.2) is 0 Å². The Morgan fingerprint density at radius 2 is 1.79 bits per heavy atom. The number of nitrogens with two attached hydrogens (primary N) is 1. The zero-order valence-corrected chi connectivity index (χ0v) is 10.5. The van der Waals surface area contributed by atoms with Crippen molar-refractivity contribution < 1.29 is 13.2 Å². The van der Waals surface area contributed by atoms with E-state index in [2.05, 4.69) is 9.88 Å². The summed E-state index contributed by atoms with van der Waals surface area (Å²) in [6.07, 6.45) is -2.45. The van der Waals surface area contributed by atoms with Gasteiger partial charge in [0.15, 0.2) is 0 Å². The molecule has 0 spiro atoms. The van der Waals surface area contributed by atoms with Gasteiger partial charge in [0.1, 0.15) is 0 Å². The zero-order valence-electron chi connectivity index (χ0n) is 10.5. The summed E-state index contributed by atoms with van der Waals surface area (Å²) in [5, 5.41) is 0. The van der Waals surface area contributed by atoms with E-state index in [9.17, 15) is 13.2 Å². The van der Waals surface area contributed by atoms with E-state index < -0.39 is 12.7 Å². The predicted octanol–water partition coefficient (Wildman–Crippen LogP) is 1.34. The number of alkyl halides is 3. The largest absolute Gasteiger partial charge is 0.401 e. The Kier molecular flexibility index (Phi) is 4.26. The standard InChI is InChI=1S/C12H17F3N4/c13-12(14,15)9-19-6-4-18(5-7-19)8-11-10(16)2-1-3-17-11/h1-3H,4-9,16H2. The first-order valence-corrected chi connectivity index (χ1v) is 6.15. The summed E-state index contributed by atoms with van der Waals surface area (Å²) in [6, 6.07) is 3.54. The third-order valence-corrected chi connectivity index (χ3v) is 3.17. The first kappa shape index (κ1) is 14.1. The molecule has 0 amide bonds. The van der Waals surface area contributed by atoms with Crippen molar-refractivity contribution >= 4 is 5.69 Å². The number of aromatic nitrogens is 1. The fourth-order valence-corrected chi connectivity index (χ4v) is 2.15. The van der Waals surface area contributed by atoms with Gasteiger partial charge in [0.05, 0.1) is 17.9 Å². The van der Waals surface area contributed by atoms with Gasteiger partial charge in [-0.3, -0.25) is 14.8 Å². The van der Waals surface area contributed by atoms with Crippen LogP contribution >= 0.6 is 0 Å². The summed E-state index contributed by atoms with van der Waals surface area (Å²) in [5.74, 6) is 0. The molecule has 0 unspecified atom stereocenters. The lowest BCUT2D eigenvalue weighted by Gasteiger charge is -2.34. The molecule has 1 aromatic rings. The van der Waals surface area contributed by atoms with Crippen LogP contribution in [-0.4, -0.2) is 53.7 Å². The first-order chi connectivity index (χ1) is 8.94. The molecule has 7 heteroatoms. The third kappa shape index (κ3) is 4.36. The number of hydrogen-bond donors (Lipinski definition) is 1. The van der Waals surface area contributed by atoms with Gasteiger partial charge in [0, 0.05) is 38.9 Å². The normalized spacial score (nSPS) is 18.7. The molecule has 0 atom stereocenters. The van der Waals surface area contributed by atoms with Gasteiger partial charge in [-0.1, -0.05) is 0 Å². The number of nitrogen functional groups attached to an aromatic ring is 1. The number of piperazine rings is 1. The zero-order chi connectivity index (χ0) is 13.9. The summed E-state index contributed by atoms with van der Waals surface area (Å²) in [5.41, 5.74) is 7.21. The molecule has 1 fully saturated rings. The number of nitrogens with zero attached hydrogens (tertiary/aromatic N) is 3. The molecular formula is C12H17F3N4. The molecule has 1 aliphatic rings.